The molecule has 10 nitrogen and oxygen atoms in total. The first-order valence-corrected chi connectivity index (χ1v) is 11.8. The fraction of sp³-hybridized carbons (Fsp3) is 0.625. The first-order valence-electron chi connectivity index (χ1n) is 11.8. The number of carbonyl (C=O) groups is 4. The molecule has 1 saturated carbocycles. The van der Waals surface area contributed by atoms with Crippen molar-refractivity contribution in [2.24, 2.45) is 28.4 Å². The number of carbonyl (C=O) groups excluding carboxylic acids is 4. The number of nitrogens with one attached hydrogen (secondary N) is 3. The number of pyridine rings is 1. The Hall–Kier alpha value is -3.38. The molecule has 13 heteroatoms. The monoisotopic (exact) mass is 527 g/mol. The van der Waals surface area contributed by atoms with E-state index >= 15 is 0 Å². The number of H-pyrrole nitrogens is 1. The molecule has 2 unspecified atom stereocenters. The predicted octanol–water partition coefficient (Wildman–Crippen LogP) is 0.902. The molecule has 3 rings (SSSR count). The zero-order valence-corrected chi connectivity index (χ0v) is 21.4. The highest BCUT2D eigenvalue weighted by Crippen LogP contribution is 2.65. The fourth-order valence-corrected chi connectivity index (χ4v) is 5.24. The molecule has 2 aliphatic rings. The molecular weight excluding hydrogens is 495 g/mol. The molecule has 2 fully saturated rings. The van der Waals surface area contributed by atoms with E-state index in [1.54, 1.807) is 12.2 Å². The largest absolute Gasteiger partial charge is 0.471 e. The summed E-state index contributed by atoms with van der Waals surface area (Å²) in [6.45, 7) is 10.0. The highest BCUT2D eigenvalue weighted by atomic mass is 19.4. The van der Waals surface area contributed by atoms with Gasteiger partial charge in [0.1, 0.15) is 18.1 Å². The molecule has 1 aliphatic carbocycles. The van der Waals surface area contributed by atoms with E-state index in [0.29, 0.717) is 5.56 Å². The average molecular weight is 528 g/mol. The van der Waals surface area contributed by atoms with Crippen molar-refractivity contribution < 1.29 is 32.3 Å². The number of hydrogen-bond acceptors (Lipinski definition) is 5. The van der Waals surface area contributed by atoms with E-state index in [4.69, 9.17) is 5.73 Å². The summed E-state index contributed by atoms with van der Waals surface area (Å²) in [6.07, 6.45) is -3.84. The molecular formula is C24H32F3N5O5. The van der Waals surface area contributed by atoms with Crippen molar-refractivity contribution in [2.75, 3.05) is 6.54 Å². The van der Waals surface area contributed by atoms with E-state index < -0.39 is 58.9 Å². The van der Waals surface area contributed by atoms with Gasteiger partial charge in [0.2, 0.25) is 23.3 Å². The Morgan fingerprint density at radius 2 is 1.76 bits per heavy atom. The lowest BCUT2D eigenvalue weighted by molar-refractivity contribution is -0.176. The third-order valence-corrected chi connectivity index (χ3v) is 7.46. The van der Waals surface area contributed by atoms with Crippen molar-refractivity contribution in [2.45, 2.75) is 65.8 Å². The molecule has 0 radical (unpaired) electrons. The first kappa shape index (κ1) is 28.2. The number of primary amides is 1. The lowest BCUT2D eigenvalue weighted by Crippen LogP contribution is -2.61. The molecule has 0 aromatic carbocycles. The molecule has 1 aromatic heterocycles. The number of fused-ring (bicyclic) bond motifs is 1. The number of aromatic nitrogens is 1. The number of likely N-dealkylation sites (tertiary alicyclic amines) is 1. The minimum Gasteiger partial charge on any atom is -0.368 e. The van der Waals surface area contributed by atoms with E-state index in [2.05, 4.69) is 10.3 Å². The van der Waals surface area contributed by atoms with E-state index in [-0.39, 0.29) is 29.4 Å². The SMILES string of the molecule is Cc1c[nH]c(=O)cc1C(NC(=O)[C@@H]1[C@@H]2[C@H](CN1C(=O)C(NC(=O)C(F)(F)F)C(C)(C)C)C2(C)C)C(N)=O. The predicted molar refractivity (Wildman–Crippen MR) is 126 cm³/mol. The highest BCUT2D eigenvalue weighted by Gasteiger charge is 2.70. The molecule has 5 N–H and O–H groups in total. The molecule has 1 aromatic rings. The van der Waals surface area contributed by atoms with Crippen LogP contribution in [0, 0.1) is 29.6 Å². The van der Waals surface area contributed by atoms with Crippen LogP contribution < -0.4 is 21.9 Å². The van der Waals surface area contributed by atoms with Crippen LogP contribution in [-0.4, -0.2) is 58.3 Å². The van der Waals surface area contributed by atoms with Gasteiger partial charge in [-0.05, 0) is 40.7 Å². The standard InChI is InChI=1S/C24H32F3N5O5/c1-10-8-29-13(33)7-11(10)15(18(28)34)30-19(35)16-14-12(23(14,5)6)9-32(16)20(36)17(22(2,3)4)31-21(37)24(25,26)27/h7-8,12,14-17H,9H2,1-6H3,(H2,28,34)(H,29,33)(H,30,35)(H,31,37)/t12-,14-,15?,16-,17?/m0/s1. The Morgan fingerprint density at radius 3 is 2.27 bits per heavy atom. The van der Waals surface area contributed by atoms with Gasteiger partial charge in [-0.2, -0.15) is 13.2 Å². The molecule has 5 atom stereocenters. The summed E-state index contributed by atoms with van der Waals surface area (Å²) in [5.41, 5.74) is 4.22. The number of hydrogen-bond donors (Lipinski definition) is 4. The molecule has 0 bridgehead atoms. The summed E-state index contributed by atoms with van der Waals surface area (Å²) in [5, 5.41) is 4.32. The third kappa shape index (κ3) is 5.35. The molecule has 204 valence electrons. The lowest BCUT2D eigenvalue weighted by atomic mass is 9.85. The quantitative estimate of drug-likeness (QED) is 0.433. The number of piperidine rings is 1. The van der Waals surface area contributed by atoms with Gasteiger partial charge in [-0.25, -0.2) is 0 Å². The van der Waals surface area contributed by atoms with Crippen LogP contribution in [0.1, 0.15) is 51.8 Å². The number of amides is 4. The minimum absolute atomic E-state index is 0.0916. The maximum absolute atomic E-state index is 13.6. The zero-order valence-electron chi connectivity index (χ0n) is 21.4. The normalized spacial score (nSPS) is 24.0. The van der Waals surface area contributed by atoms with Crippen molar-refractivity contribution in [3.63, 3.8) is 0 Å². The van der Waals surface area contributed by atoms with Crippen molar-refractivity contribution in [3.8, 4) is 0 Å². The van der Waals surface area contributed by atoms with Crippen molar-refractivity contribution in [3.05, 3.63) is 33.7 Å². The van der Waals surface area contributed by atoms with Gasteiger partial charge in [-0.15, -0.1) is 0 Å². The van der Waals surface area contributed by atoms with Crippen LogP contribution in [0.4, 0.5) is 13.2 Å². The number of aryl methyl sites for hydroxylation is 1. The number of aromatic amines is 1. The summed E-state index contributed by atoms with van der Waals surface area (Å²) in [4.78, 5) is 66.5. The van der Waals surface area contributed by atoms with Crippen LogP contribution in [0.3, 0.4) is 0 Å². The second-order valence-corrected chi connectivity index (χ2v) is 11.4. The smallest absolute Gasteiger partial charge is 0.368 e. The summed E-state index contributed by atoms with van der Waals surface area (Å²) < 4.78 is 39.0. The number of alkyl halides is 3. The van der Waals surface area contributed by atoms with Crippen LogP contribution in [0.5, 0.6) is 0 Å². The summed E-state index contributed by atoms with van der Waals surface area (Å²) in [6, 6.07) is -2.94. The van der Waals surface area contributed by atoms with Gasteiger partial charge in [0.05, 0.1) is 0 Å². The molecule has 37 heavy (non-hydrogen) atoms. The Morgan fingerprint density at radius 1 is 1.16 bits per heavy atom. The Bertz CT molecular complexity index is 1190. The zero-order chi connectivity index (χ0) is 28.2. The van der Waals surface area contributed by atoms with Crippen LogP contribution in [0.15, 0.2) is 17.1 Å². The maximum atomic E-state index is 13.6. The van der Waals surface area contributed by atoms with Crippen molar-refractivity contribution >= 4 is 23.6 Å². The molecule has 2 heterocycles. The van der Waals surface area contributed by atoms with Crippen LogP contribution >= 0.6 is 0 Å². The minimum atomic E-state index is -5.20. The van der Waals surface area contributed by atoms with Gasteiger partial charge in [0.25, 0.3) is 0 Å². The first-order chi connectivity index (χ1) is 16.8. The maximum Gasteiger partial charge on any atom is 0.471 e. The van der Waals surface area contributed by atoms with Gasteiger partial charge in [0.15, 0.2) is 0 Å². The molecule has 1 saturated heterocycles. The third-order valence-electron chi connectivity index (χ3n) is 7.46. The number of nitrogens with two attached hydrogens (primary N) is 1. The van der Waals surface area contributed by atoms with Crippen molar-refractivity contribution in [1.29, 1.82) is 0 Å². The number of nitrogens with zero attached hydrogens (tertiary/aromatic N) is 1. The van der Waals surface area contributed by atoms with Crippen molar-refractivity contribution in [1.82, 2.24) is 20.5 Å². The van der Waals surface area contributed by atoms with Gasteiger partial charge < -0.3 is 26.3 Å². The van der Waals surface area contributed by atoms with Crippen LogP contribution in [-0.2, 0) is 19.2 Å². The van der Waals surface area contributed by atoms with Gasteiger partial charge in [0, 0.05) is 18.8 Å². The van der Waals surface area contributed by atoms with E-state index in [1.807, 2.05) is 13.8 Å². The summed E-state index contributed by atoms with van der Waals surface area (Å²) >= 11 is 0. The average Bonchev–Trinajstić information content (AvgIpc) is 3.08. The fourth-order valence-electron chi connectivity index (χ4n) is 5.24. The second kappa shape index (κ2) is 9.18. The van der Waals surface area contributed by atoms with Gasteiger partial charge in [-0.3, -0.25) is 24.0 Å². The Kier molecular flexibility index (Phi) is 6.99. The molecule has 4 amide bonds. The number of halogens is 3. The highest BCUT2D eigenvalue weighted by molar-refractivity contribution is 5.96. The van der Waals surface area contributed by atoms with E-state index in [1.165, 1.54) is 31.9 Å². The van der Waals surface area contributed by atoms with E-state index in [9.17, 15) is 37.1 Å². The summed E-state index contributed by atoms with van der Waals surface area (Å²) in [7, 11) is 0. The lowest BCUT2D eigenvalue weighted by Gasteiger charge is -2.38. The Labute approximate surface area is 211 Å². The topological polar surface area (TPSA) is 154 Å². The summed E-state index contributed by atoms with van der Waals surface area (Å²) in [5.74, 6) is -5.20. The van der Waals surface area contributed by atoms with Crippen LogP contribution in [0.2, 0.25) is 0 Å². The van der Waals surface area contributed by atoms with Gasteiger partial charge in [-0.1, -0.05) is 34.6 Å². The Balaban J connectivity index is 1.94. The number of rotatable bonds is 6. The molecule has 0 spiro atoms. The van der Waals surface area contributed by atoms with E-state index in [0.717, 1.165) is 6.07 Å². The van der Waals surface area contributed by atoms with Gasteiger partial charge >= 0.3 is 12.1 Å². The van der Waals surface area contributed by atoms with Crippen LogP contribution in [0.25, 0.3) is 0 Å². The second-order valence-electron chi connectivity index (χ2n) is 11.4. The molecule has 1 aliphatic heterocycles.